The molecule has 0 unspecified atom stereocenters. The van der Waals surface area contributed by atoms with E-state index in [1.54, 1.807) is 27.7 Å². The zero-order valence-electron chi connectivity index (χ0n) is 12.2. The third-order valence-corrected chi connectivity index (χ3v) is 3.14. The van der Waals surface area contributed by atoms with E-state index < -0.39 is 29.3 Å². The van der Waals surface area contributed by atoms with Gasteiger partial charge < -0.3 is 14.6 Å². The fourth-order valence-electron chi connectivity index (χ4n) is 2.07. The van der Waals surface area contributed by atoms with Crippen LogP contribution >= 0.6 is 0 Å². The van der Waals surface area contributed by atoms with Crippen molar-refractivity contribution in [3.63, 3.8) is 0 Å². The number of hydrogen-bond donors (Lipinski definition) is 1. The summed E-state index contributed by atoms with van der Waals surface area (Å²) in [5.41, 5.74) is -2.03. The highest BCUT2D eigenvalue weighted by Gasteiger charge is 2.54. The molecule has 0 spiro atoms. The van der Waals surface area contributed by atoms with E-state index in [9.17, 15) is 14.7 Å². The second kappa shape index (κ2) is 5.36. The SMILES string of the molecule is CCOC(=O)[C@@]1(C)[C@@H](O)CCN1C(=O)OC(C)(C)C. The predicted octanol–water partition coefficient (Wildman–Crippen LogP) is 1.31. The Morgan fingerprint density at radius 3 is 2.47 bits per heavy atom. The van der Waals surface area contributed by atoms with Crippen LogP contribution in [-0.4, -0.2) is 52.5 Å². The minimum Gasteiger partial charge on any atom is -0.464 e. The molecule has 2 atom stereocenters. The van der Waals surface area contributed by atoms with Crippen LogP contribution in [0.4, 0.5) is 4.79 Å². The van der Waals surface area contributed by atoms with E-state index in [0.29, 0.717) is 6.42 Å². The van der Waals surface area contributed by atoms with E-state index in [1.165, 1.54) is 11.8 Å². The van der Waals surface area contributed by atoms with Gasteiger partial charge in [-0.25, -0.2) is 9.59 Å². The van der Waals surface area contributed by atoms with Crippen molar-refractivity contribution >= 4 is 12.1 Å². The number of likely N-dealkylation sites (tertiary alicyclic amines) is 1. The molecule has 1 N–H and O–H groups in total. The monoisotopic (exact) mass is 273 g/mol. The highest BCUT2D eigenvalue weighted by molar-refractivity contribution is 5.87. The summed E-state index contributed by atoms with van der Waals surface area (Å²) in [5, 5.41) is 10.0. The van der Waals surface area contributed by atoms with Crippen molar-refractivity contribution < 1.29 is 24.2 Å². The van der Waals surface area contributed by atoms with Gasteiger partial charge in [-0.05, 0) is 41.0 Å². The summed E-state index contributed by atoms with van der Waals surface area (Å²) >= 11 is 0. The van der Waals surface area contributed by atoms with Gasteiger partial charge in [-0.3, -0.25) is 4.90 Å². The molecule has 1 rings (SSSR count). The van der Waals surface area contributed by atoms with Gasteiger partial charge in [0, 0.05) is 6.54 Å². The van der Waals surface area contributed by atoms with Crippen molar-refractivity contribution in [2.45, 2.75) is 58.3 Å². The van der Waals surface area contributed by atoms with Crippen LogP contribution in [0.15, 0.2) is 0 Å². The Labute approximate surface area is 113 Å². The number of carbonyl (C=O) groups excluding carboxylic acids is 2. The number of ether oxygens (including phenoxy) is 2. The quantitative estimate of drug-likeness (QED) is 0.768. The highest BCUT2D eigenvalue weighted by atomic mass is 16.6. The smallest absolute Gasteiger partial charge is 0.411 e. The fraction of sp³-hybridized carbons (Fsp3) is 0.846. The van der Waals surface area contributed by atoms with Gasteiger partial charge in [0.15, 0.2) is 5.54 Å². The topological polar surface area (TPSA) is 76.1 Å². The summed E-state index contributed by atoms with van der Waals surface area (Å²) in [6, 6.07) is 0. The second-order valence-electron chi connectivity index (χ2n) is 5.80. The molecule has 1 saturated heterocycles. The van der Waals surface area contributed by atoms with E-state index in [4.69, 9.17) is 9.47 Å². The maximum absolute atomic E-state index is 12.1. The lowest BCUT2D eigenvalue weighted by atomic mass is 9.96. The number of esters is 1. The van der Waals surface area contributed by atoms with Crippen molar-refractivity contribution in [3.05, 3.63) is 0 Å². The Balaban J connectivity index is 2.93. The average molecular weight is 273 g/mol. The minimum absolute atomic E-state index is 0.198. The van der Waals surface area contributed by atoms with Crippen molar-refractivity contribution in [2.75, 3.05) is 13.2 Å². The molecule has 110 valence electrons. The van der Waals surface area contributed by atoms with Crippen molar-refractivity contribution in [1.29, 1.82) is 0 Å². The zero-order valence-corrected chi connectivity index (χ0v) is 12.2. The van der Waals surface area contributed by atoms with Crippen LogP contribution in [-0.2, 0) is 14.3 Å². The molecule has 0 saturated carbocycles. The van der Waals surface area contributed by atoms with Gasteiger partial charge in [0.1, 0.15) is 5.60 Å². The largest absolute Gasteiger partial charge is 0.464 e. The summed E-state index contributed by atoms with van der Waals surface area (Å²) in [4.78, 5) is 25.4. The zero-order chi connectivity index (χ0) is 14.8. The molecular weight excluding hydrogens is 250 g/mol. The molecule has 0 aliphatic carbocycles. The molecule has 6 heteroatoms. The van der Waals surface area contributed by atoms with Gasteiger partial charge >= 0.3 is 12.1 Å². The molecule has 0 aromatic carbocycles. The Hall–Kier alpha value is -1.30. The number of rotatable bonds is 2. The van der Waals surface area contributed by atoms with E-state index >= 15 is 0 Å². The van der Waals surface area contributed by atoms with E-state index in [0.717, 1.165) is 0 Å². The van der Waals surface area contributed by atoms with Gasteiger partial charge in [-0.2, -0.15) is 0 Å². The van der Waals surface area contributed by atoms with Gasteiger partial charge in [0.25, 0.3) is 0 Å². The maximum Gasteiger partial charge on any atom is 0.411 e. The van der Waals surface area contributed by atoms with Gasteiger partial charge in [-0.15, -0.1) is 0 Å². The number of carbonyl (C=O) groups is 2. The summed E-state index contributed by atoms with van der Waals surface area (Å²) < 4.78 is 10.2. The van der Waals surface area contributed by atoms with Crippen LogP contribution in [0.2, 0.25) is 0 Å². The summed E-state index contributed by atoms with van der Waals surface area (Å²) in [7, 11) is 0. The first-order valence-electron chi connectivity index (χ1n) is 6.48. The molecule has 0 radical (unpaired) electrons. The average Bonchev–Trinajstić information content (AvgIpc) is 2.55. The Kier molecular flexibility index (Phi) is 4.45. The standard InChI is InChI=1S/C13H23NO5/c1-6-18-10(16)13(5)9(15)7-8-14(13)11(17)19-12(2,3)4/h9,15H,6-8H2,1-5H3/t9-,13+/m0/s1. The van der Waals surface area contributed by atoms with Crippen molar-refractivity contribution in [2.24, 2.45) is 0 Å². The van der Waals surface area contributed by atoms with Crippen LogP contribution in [0.25, 0.3) is 0 Å². The molecular formula is C13H23NO5. The number of hydrogen-bond acceptors (Lipinski definition) is 5. The molecule has 1 heterocycles. The molecule has 1 amide bonds. The molecule has 1 fully saturated rings. The van der Waals surface area contributed by atoms with Crippen LogP contribution < -0.4 is 0 Å². The lowest BCUT2D eigenvalue weighted by molar-refractivity contribution is -0.159. The molecule has 1 aliphatic rings. The lowest BCUT2D eigenvalue weighted by Gasteiger charge is -2.35. The summed E-state index contributed by atoms with van der Waals surface area (Å²) in [6.07, 6.45) is -1.23. The Morgan fingerprint density at radius 1 is 1.42 bits per heavy atom. The van der Waals surface area contributed by atoms with Crippen molar-refractivity contribution in [1.82, 2.24) is 4.90 Å². The third kappa shape index (κ3) is 3.18. The van der Waals surface area contributed by atoms with Crippen LogP contribution in [0.5, 0.6) is 0 Å². The third-order valence-electron chi connectivity index (χ3n) is 3.14. The summed E-state index contributed by atoms with van der Waals surface area (Å²) in [6.45, 7) is 8.90. The molecule has 1 aliphatic heterocycles. The summed E-state index contributed by atoms with van der Waals surface area (Å²) in [5.74, 6) is -0.606. The van der Waals surface area contributed by atoms with E-state index in [-0.39, 0.29) is 13.2 Å². The highest BCUT2D eigenvalue weighted by Crippen LogP contribution is 2.32. The van der Waals surface area contributed by atoms with Crippen molar-refractivity contribution in [3.8, 4) is 0 Å². The minimum atomic E-state index is -1.38. The predicted molar refractivity (Wildman–Crippen MR) is 68.6 cm³/mol. The molecule has 0 aromatic heterocycles. The number of aliphatic hydroxyl groups is 1. The first kappa shape index (κ1) is 15.8. The van der Waals surface area contributed by atoms with Gasteiger partial charge in [0.2, 0.25) is 0 Å². The number of nitrogens with zero attached hydrogens (tertiary/aromatic N) is 1. The van der Waals surface area contributed by atoms with Crippen LogP contribution in [0.1, 0.15) is 41.0 Å². The number of amides is 1. The number of aliphatic hydroxyl groups excluding tert-OH is 1. The first-order valence-corrected chi connectivity index (χ1v) is 6.48. The second-order valence-corrected chi connectivity index (χ2v) is 5.80. The lowest BCUT2D eigenvalue weighted by Crippen LogP contribution is -2.57. The van der Waals surface area contributed by atoms with E-state index in [2.05, 4.69) is 0 Å². The van der Waals surface area contributed by atoms with E-state index in [1.807, 2.05) is 0 Å². The van der Waals surface area contributed by atoms with Crippen LogP contribution in [0, 0.1) is 0 Å². The molecule has 0 bridgehead atoms. The molecule has 0 aromatic rings. The Bertz CT molecular complexity index is 363. The molecule has 6 nitrogen and oxygen atoms in total. The first-order chi connectivity index (χ1) is 8.63. The fourth-order valence-corrected chi connectivity index (χ4v) is 2.07. The molecule has 19 heavy (non-hydrogen) atoms. The van der Waals surface area contributed by atoms with Crippen LogP contribution in [0.3, 0.4) is 0 Å². The normalized spacial score (nSPS) is 27.3. The van der Waals surface area contributed by atoms with Gasteiger partial charge in [0.05, 0.1) is 12.7 Å². The van der Waals surface area contributed by atoms with Gasteiger partial charge in [-0.1, -0.05) is 0 Å². The Morgan fingerprint density at radius 2 is 2.00 bits per heavy atom. The maximum atomic E-state index is 12.1.